The first-order chi connectivity index (χ1) is 7.82. The molecule has 1 atom stereocenters. The van der Waals surface area contributed by atoms with Crippen LogP contribution in [0.5, 0.6) is 0 Å². The van der Waals surface area contributed by atoms with Crippen molar-refractivity contribution < 1.29 is 18.3 Å². The fourth-order valence-electron chi connectivity index (χ4n) is 1.27. The van der Waals surface area contributed by atoms with Crippen molar-refractivity contribution in [3.63, 3.8) is 0 Å². The Labute approximate surface area is 104 Å². The van der Waals surface area contributed by atoms with Crippen molar-refractivity contribution in [1.82, 2.24) is 4.98 Å². The van der Waals surface area contributed by atoms with E-state index in [1.54, 1.807) is 0 Å². The van der Waals surface area contributed by atoms with E-state index in [4.69, 9.17) is 16.7 Å². The molecule has 1 aromatic rings. The van der Waals surface area contributed by atoms with Gasteiger partial charge in [0, 0.05) is 12.4 Å². The summed E-state index contributed by atoms with van der Waals surface area (Å²) in [5.41, 5.74) is 0.430. The molecular formula is C10H12ClNO4S. The molecule has 0 spiro atoms. The van der Waals surface area contributed by atoms with Gasteiger partial charge < -0.3 is 5.11 Å². The molecular weight excluding hydrogens is 266 g/mol. The van der Waals surface area contributed by atoms with Gasteiger partial charge in [-0.25, -0.2) is 8.42 Å². The quantitative estimate of drug-likeness (QED) is 0.879. The molecule has 0 saturated carbocycles. The lowest BCUT2D eigenvalue weighted by molar-refractivity contribution is -0.140. The summed E-state index contributed by atoms with van der Waals surface area (Å²) >= 11 is 5.79. The van der Waals surface area contributed by atoms with Gasteiger partial charge in [-0.3, -0.25) is 9.78 Å². The van der Waals surface area contributed by atoms with E-state index in [9.17, 15) is 13.2 Å². The zero-order valence-electron chi connectivity index (χ0n) is 9.13. The van der Waals surface area contributed by atoms with Gasteiger partial charge in [0.25, 0.3) is 0 Å². The smallest absolute Gasteiger partial charge is 0.307 e. The maximum Gasteiger partial charge on any atom is 0.307 e. The largest absolute Gasteiger partial charge is 0.481 e. The number of carbonyl (C=O) groups is 1. The average Bonchev–Trinajstić information content (AvgIpc) is 2.20. The molecule has 0 aliphatic heterocycles. The monoisotopic (exact) mass is 277 g/mol. The number of aromatic nitrogens is 1. The average molecular weight is 278 g/mol. The molecule has 0 aliphatic carbocycles. The minimum atomic E-state index is -3.49. The molecule has 0 bridgehead atoms. The number of carboxylic acid groups (broad SMARTS) is 1. The summed E-state index contributed by atoms with van der Waals surface area (Å²) < 4.78 is 23.4. The maximum atomic E-state index is 11.7. The van der Waals surface area contributed by atoms with Crippen molar-refractivity contribution in [3.8, 4) is 0 Å². The molecule has 1 heterocycles. The highest BCUT2D eigenvalue weighted by molar-refractivity contribution is 7.90. The molecule has 1 unspecified atom stereocenters. The van der Waals surface area contributed by atoms with Gasteiger partial charge in [0.1, 0.15) is 0 Å². The van der Waals surface area contributed by atoms with Crippen LogP contribution in [-0.4, -0.2) is 30.2 Å². The van der Waals surface area contributed by atoms with Gasteiger partial charge in [-0.2, -0.15) is 0 Å². The van der Waals surface area contributed by atoms with Gasteiger partial charge in [-0.15, -0.1) is 0 Å². The van der Waals surface area contributed by atoms with Gasteiger partial charge >= 0.3 is 5.97 Å². The summed E-state index contributed by atoms with van der Waals surface area (Å²) in [6, 6.07) is 1.51. The number of carboxylic acids is 1. The molecule has 0 radical (unpaired) electrons. The Bertz CT molecular complexity index is 515. The molecule has 7 heteroatoms. The second-order valence-electron chi connectivity index (χ2n) is 3.76. The third-order valence-electron chi connectivity index (χ3n) is 2.16. The standard InChI is InChI=1S/C10H12ClNO4S/c1-7(10(13)14)5-17(15,16)6-8-2-3-12-4-9(8)11/h2-4,7H,5-6H2,1H3,(H,13,14). The Morgan fingerprint density at radius 1 is 1.59 bits per heavy atom. The van der Waals surface area contributed by atoms with Gasteiger partial charge in [-0.1, -0.05) is 18.5 Å². The van der Waals surface area contributed by atoms with Crippen molar-refractivity contribution in [2.45, 2.75) is 12.7 Å². The Balaban J connectivity index is 2.81. The normalized spacial score (nSPS) is 13.3. The fourth-order valence-corrected chi connectivity index (χ4v) is 3.28. The highest BCUT2D eigenvalue weighted by atomic mass is 35.5. The topological polar surface area (TPSA) is 84.3 Å². The molecule has 0 saturated heterocycles. The van der Waals surface area contributed by atoms with Crippen molar-refractivity contribution >= 4 is 27.4 Å². The van der Waals surface area contributed by atoms with E-state index in [0.29, 0.717) is 5.56 Å². The van der Waals surface area contributed by atoms with Crippen molar-refractivity contribution in [2.24, 2.45) is 5.92 Å². The summed E-state index contributed by atoms with van der Waals surface area (Å²) in [4.78, 5) is 14.3. The van der Waals surface area contributed by atoms with Crippen LogP contribution in [0.15, 0.2) is 18.5 Å². The van der Waals surface area contributed by atoms with E-state index >= 15 is 0 Å². The molecule has 1 rings (SSSR count). The molecule has 17 heavy (non-hydrogen) atoms. The predicted octanol–water partition coefficient (Wildman–Crippen LogP) is 1.37. The number of pyridine rings is 1. The summed E-state index contributed by atoms with van der Waals surface area (Å²) in [6.07, 6.45) is 2.80. The molecule has 0 amide bonds. The Kier molecular flexibility index (Phi) is 4.47. The molecule has 5 nitrogen and oxygen atoms in total. The summed E-state index contributed by atoms with van der Waals surface area (Å²) in [6.45, 7) is 1.36. The van der Waals surface area contributed by atoms with E-state index < -0.39 is 27.5 Å². The first kappa shape index (κ1) is 13.9. The second kappa shape index (κ2) is 5.46. The minimum absolute atomic E-state index is 0.263. The van der Waals surface area contributed by atoms with Gasteiger partial charge in [0.05, 0.1) is 22.4 Å². The molecule has 0 fully saturated rings. The van der Waals surface area contributed by atoms with E-state index in [1.165, 1.54) is 25.4 Å². The molecule has 0 aromatic carbocycles. The van der Waals surface area contributed by atoms with Crippen molar-refractivity contribution in [2.75, 3.05) is 5.75 Å². The van der Waals surface area contributed by atoms with Crippen LogP contribution in [0.3, 0.4) is 0 Å². The number of hydrogen-bond donors (Lipinski definition) is 1. The van der Waals surface area contributed by atoms with Crippen molar-refractivity contribution in [3.05, 3.63) is 29.0 Å². The highest BCUT2D eigenvalue weighted by Gasteiger charge is 2.22. The molecule has 94 valence electrons. The first-order valence-corrected chi connectivity index (χ1v) is 7.03. The van der Waals surface area contributed by atoms with Crippen LogP contribution in [0, 0.1) is 5.92 Å². The zero-order chi connectivity index (χ0) is 13.1. The van der Waals surface area contributed by atoms with Crippen LogP contribution in [0.4, 0.5) is 0 Å². The third-order valence-corrected chi connectivity index (χ3v) is 4.26. The lowest BCUT2D eigenvalue weighted by atomic mass is 10.2. The molecule has 0 aliphatic rings. The number of sulfone groups is 1. The maximum absolute atomic E-state index is 11.7. The van der Waals surface area contributed by atoms with Gasteiger partial charge in [0.15, 0.2) is 9.84 Å². The number of aliphatic carboxylic acids is 1. The number of hydrogen-bond acceptors (Lipinski definition) is 4. The van der Waals surface area contributed by atoms with Crippen LogP contribution in [-0.2, 0) is 20.4 Å². The summed E-state index contributed by atoms with van der Waals surface area (Å²) in [5.74, 6) is -2.73. The lowest BCUT2D eigenvalue weighted by Gasteiger charge is -2.08. The summed E-state index contributed by atoms with van der Waals surface area (Å²) in [7, 11) is -3.49. The van der Waals surface area contributed by atoms with E-state index in [0.717, 1.165) is 0 Å². The van der Waals surface area contributed by atoms with Crippen LogP contribution >= 0.6 is 11.6 Å². The lowest BCUT2D eigenvalue weighted by Crippen LogP contribution is -2.22. The van der Waals surface area contributed by atoms with E-state index in [-0.39, 0.29) is 10.8 Å². The molecule has 1 N–H and O–H groups in total. The van der Waals surface area contributed by atoms with E-state index in [2.05, 4.69) is 4.98 Å². The molecule has 1 aromatic heterocycles. The third kappa shape index (κ3) is 4.32. The van der Waals surface area contributed by atoms with Crippen LogP contribution in [0.25, 0.3) is 0 Å². The minimum Gasteiger partial charge on any atom is -0.481 e. The highest BCUT2D eigenvalue weighted by Crippen LogP contribution is 2.17. The summed E-state index contributed by atoms with van der Waals surface area (Å²) in [5, 5.41) is 8.93. The number of nitrogens with zero attached hydrogens (tertiary/aromatic N) is 1. The predicted molar refractivity (Wildman–Crippen MR) is 63.5 cm³/mol. The van der Waals surface area contributed by atoms with E-state index in [1.807, 2.05) is 0 Å². The van der Waals surface area contributed by atoms with Crippen molar-refractivity contribution in [1.29, 1.82) is 0 Å². The fraction of sp³-hybridized carbons (Fsp3) is 0.400. The zero-order valence-corrected chi connectivity index (χ0v) is 10.7. The number of rotatable bonds is 5. The Morgan fingerprint density at radius 2 is 2.24 bits per heavy atom. The van der Waals surface area contributed by atoms with Crippen LogP contribution < -0.4 is 0 Å². The first-order valence-electron chi connectivity index (χ1n) is 4.83. The second-order valence-corrected chi connectivity index (χ2v) is 6.28. The van der Waals surface area contributed by atoms with Gasteiger partial charge in [0.2, 0.25) is 0 Å². The van der Waals surface area contributed by atoms with Gasteiger partial charge in [-0.05, 0) is 11.6 Å². The number of halogens is 1. The van der Waals surface area contributed by atoms with Crippen LogP contribution in [0.2, 0.25) is 5.02 Å². The van der Waals surface area contributed by atoms with Crippen LogP contribution in [0.1, 0.15) is 12.5 Å². The Morgan fingerprint density at radius 3 is 2.76 bits per heavy atom. The SMILES string of the molecule is CC(CS(=O)(=O)Cc1ccncc1Cl)C(=O)O. The Hall–Kier alpha value is -1.14.